The molecule has 0 saturated carbocycles. The first-order chi connectivity index (χ1) is 7.36. The molecule has 78 valence electrons. The van der Waals surface area contributed by atoms with Crippen molar-refractivity contribution in [2.24, 2.45) is 0 Å². The van der Waals surface area contributed by atoms with Gasteiger partial charge in [-0.1, -0.05) is 0 Å². The van der Waals surface area contributed by atoms with Crippen LogP contribution in [0.2, 0.25) is 0 Å². The lowest BCUT2D eigenvalue weighted by molar-refractivity contribution is 0.415. The van der Waals surface area contributed by atoms with E-state index in [2.05, 4.69) is 28.2 Å². The fourth-order valence-electron chi connectivity index (χ4n) is 1.79. The van der Waals surface area contributed by atoms with Gasteiger partial charge in [0.05, 0.1) is 11.6 Å². The molecule has 0 amide bonds. The number of hydrogen-bond acceptors (Lipinski definition) is 4. The van der Waals surface area contributed by atoms with Gasteiger partial charge in [0.2, 0.25) is 0 Å². The minimum atomic E-state index is 0.483. The van der Waals surface area contributed by atoms with Crippen molar-refractivity contribution in [3.63, 3.8) is 0 Å². The molecule has 0 unspecified atom stereocenters. The van der Waals surface area contributed by atoms with Crippen molar-refractivity contribution in [2.75, 3.05) is 24.5 Å². The molecular weight excluding hydrogens is 188 g/mol. The van der Waals surface area contributed by atoms with Crippen LogP contribution in [-0.2, 0) is 0 Å². The Labute approximate surface area is 89.5 Å². The maximum atomic E-state index is 9.00. The van der Waals surface area contributed by atoms with Gasteiger partial charge in [-0.05, 0) is 19.1 Å². The number of hydrogen-bond donors (Lipinski definition) is 1. The second kappa shape index (κ2) is 4.28. The van der Waals surface area contributed by atoms with Gasteiger partial charge in [0, 0.05) is 25.8 Å². The summed E-state index contributed by atoms with van der Waals surface area (Å²) in [5, 5.41) is 12.2. The van der Waals surface area contributed by atoms with E-state index < -0.39 is 0 Å². The van der Waals surface area contributed by atoms with E-state index in [9.17, 15) is 0 Å². The van der Waals surface area contributed by atoms with E-state index in [0.717, 1.165) is 25.5 Å². The molecule has 0 spiro atoms. The number of aromatic nitrogens is 1. The Morgan fingerprint density at radius 2 is 2.47 bits per heavy atom. The maximum absolute atomic E-state index is 9.00. The molecule has 1 N–H and O–H groups in total. The van der Waals surface area contributed by atoms with Crippen LogP contribution in [-0.4, -0.2) is 30.7 Å². The molecule has 2 heterocycles. The number of nitriles is 1. The van der Waals surface area contributed by atoms with Crippen molar-refractivity contribution in [3.8, 4) is 6.07 Å². The van der Waals surface area contributed by atoms with Crippen molar-refractivity contribution in [1.82, 2.24) is 10.3 Å². The van der Waals surface area contributed by atoms with Crippen LogP contribution in [0.5, 0.6) is 0 Å². The molecule has 0 radical (unpaired) electrons. The molecule has 2 rings (SSSR count). The molecule has 0 bridgehead atoms. The van der Waals surface area contributed by atoms with Crippen LogP contribution in [0.1, 0.15) is 12.5 Å². The number of nitrogens with one attached hydrogen (secondary N) is 1. The molecule has 1 saturated heterocycles. The number of nitrogens with zero attached hydrogens (tertiary/aromatic N) is 3. The van der Waals surface area contributed by atoms with E-state index in [1.807, 2.05) is 6.07 Å². The second-order valence-electron chi connectivity index (χ2n) is 3.58. The Kier molecular flexibility index (Phi) is 2.84. The lowest BCUT2D eigenvalue weighted by Gasteiger charge is -2.38. The van der Waals surface area contributed by atoms with Crippen LogP contribution in [0, 0.1) is 11.3 Å². The van der Waals surface area contributed by atoms with E-state index in [1.54, 1.807) is 12.3 Å². The quantitative estimate of drug-likeness (QED) is 0.786. The summed E-state index contributed by atoms with van der Waals surface area (Å²) in [5.74, 6) is 0.814. The van der Waals surface area contributed by atoms with Crippen LogP contribution in [0.15, 0.2) is 18.3 Å². The topological polar surface area (TPSA) is 52.0 Å². The zero-order chi connectivity index (χ0) is 10.7. The maximum Gasteiger partial charge on any atom is 0.146 e. The second-order valence-corrected chi connectivity index (χ2v) is 3.58. The lowest BCUT2D eigenvalue weighted by atomic mass is 10.1. The van der Waals surface area contributed by atoms with Gasteiger partial charge >= 0.3 is 0 Å². The van der Waals surface area contributed by atoms with E-state index >= 15 is 0 Å². The highest BCUT2D eigenvalue weighted by molar-refractivity contribution is 5.54. The molecule has 1 aromatic heterocycles. The summed E-state index contributed by atoms with van der Waals surface area (Å²) in [4.78, 5) is 6.49. The zero-order valence-electron chi connectivity index (χ0n) is 8.77. The summed E-state index contributed by atoms with van der Waals surface area (Å²) < 4.78 is 0. The number of likely N-dealkylation sites (N-methyl/N-ethyl adjacent to an activating group) is 1. The van der Waals surface area contributed by atoms with Gasteiger partial charge in [-0.3, -0.25) is 0 Å². The Hall–Kier alpha value is -1.60. The van der Waals surface area contributed by atoms with Crippen LogP contribution < -0.4 is 10.2 Å². The van der Waals surface area contributed by atoms with Crippen molar-refractivity contribution in [2.45, 2.75) is 13.0 Å². The third-order valence-electron chi connectivity index (χ3n) is 2.72. The third kappa shape index (κ3) is 1.79. The molecule has 1 aliphatic heterocycles. The van der Waals surface area contributed by atoms with Gasteiger partial charge in [-0.15, -0.1) is 0 Å². The lowest BCUT2D eigenvalue weighted by Crippen LogP contribution is -2.57. The first-order valence-electron chi connectivity index (χ1n) is 5.19. The van der Waals surface area contributed by atoms with Crippen molar-refractivity contribution >= 4 is 5.82 Å². The van der Waals surface area contributed by atoms with Gasteiger partial charge in [0.1, 0.15) is 11.9 Å². The molecule has 0 atom stereocenters. The standard InChI is InChI=1S/C11H14N4/c1-2-15(10-7-13-8-10)11-9(6-12)4-3-5-14-11/h3-5,10,13H,2,7-8H2,1H3. The average molecular weight is 202 g/mol. The van der Waals surface area contributed by atoms with Gasteiger partial charge in [0.25, 0.3) is 0 Å². The smallest absolute Gasteiger partial charge is 0.146 e. The molecule has 1 aromatic rings. The summed E-state index contributed by atoms with van der Waals surface area (Å²) in [6, 6.07) is 6.29. The first-order valence-corrected chi connectivity index (χ1v) is 5.19. The predicted molar refractivity (Wildman–Crippen MR) is 58.6 cm³/mol. The normalized spacial score (nSPS) is 15.5. The molecular formula is C11H14N4. The summed E-state index contributed by atoms with van der Waals surface area (Å²) in [6.45, 7) is 4.94. The Morgan fingerprint density at radius 3 is 3.00 bits per heavy atom. The average Bonchev–Trinajstić information content (AvgIpc) is 2.23. The van der Waals surface area contributed by atoms with Crippen LogP contribution in [0.25, 0.3) is 0 Å². The highest BCUT2D eigenvalue weighted by atomic mass is 15.3. The fourth-order valence-corrected chi connectivity index (χ4v) is 1.79. The van der Waals surface area contributed by atoms with Crippen molar-refractivity contribution in [1.29, 1.82) is 5.26 Å². The van der Waals surface area contributed by atoms with E-state index in [4.69, 9.17) is 5.26 Å². The molecule has 4 heteroatoms. The highest BCUT2D eigenvalue weighted by Gasteiger charge is 2.25. The molecule has 0 aliphatic carbocycles. The SMILES string of the molecule is CCN(c1ncccc1C#N)C1CNC1. The van der Waals surface area contributed by atoms with Gasteiger partial charge in [-0.25, -0.2) is 4.98 Å². The Bertz CT molecular complexity index is 378. The third-order valence-corrected chi connectivity index (χ3v) is 2.72. The van der Waals surface area contributed by atoms with E-state index in [1.165, 1.54) is 0 Å². The van der Waals surface area contributed by atoms with Crippen molar-refractivity contribution < 1.29 is 0 Å². The monoisotopic (exact) mass is 202 g/mol. The summed E-state index contributed by atoms with van der Waals surface area (Å²) in [5.41, 5.74) is 0.659. The summed E-state index contributed by atoms with van der Waals surface area (Å²) >= 11 is 0. The number of anilines is 1. The molecule has 4 nitrogen and oxygen atoms in total. The van der Waals surface area contributed by atoms with Gasteiger partial charge in [0.15, 0.2) is 0 Å². The summed E-state index contributed by atoms with van der Waals surface area (Å²) in [6.07, 6.45) is 1.74. The Balaban J connectivity index is 2.29. The van der Waals surface area contributed by atoms with Gasteiger partial charge in [-0.2, -0.15) is 5.26 Å². The molecule has 0 aromatic carbocycles. The minimum absolute atomic E-state index is 0.483. The fraction of sp³-hybridized carbons (Fsp3) is 0.455. The van der Waals surface area contributed by atoms with Crippen LogP contribution in [0.4, 0.5) is 5.82 Å². The molecule has 1 fully saturated rings. The first kappa shape index (κ1) is 9.94. The number of pyridine rings is 1. The van der Waals surface area contributed by atoms with Crippen LogP contribution >= 0.6 is 0 Å². The molecule has 15 heavy (non-hydrogen) atoms. The van der Waals surface area contributed by atoms with Crippen LogP contribution in [0.3, 0.4) is 0 Å². The number of rotatable bonds is 3. The highest BCUT2D eigenvalue weighted by Crippen LogP contribution is 2.19. The predicted octanol–water partition coefficient (Wildman–Crippen LogP) is 0.751. The summed E-state index contributed by atoms with van der Waals surface area (Å²) in [7, 11) is 0. The van der Waals surface area contributed by atoms with E-state index in [-0.39, 0.29) is 0 Å². The minimum Gasteiger partial charge on any atom is -0.350 e. The zero-order valence-corrected chi connectivity index (χ0v) is 8.77. The van der Waals surface area contributed by atoms with Gasteiger partial charge < -0.3 is 10.2 Å². The Morgan fingerprint density at radius 1 is 1.67 bits per heavy atom. The van der Waals surface area contributed by atoms with Crippen molar-refractivity contribution in [3.05, 3.63) is 23.9 Å². The van der Waals surface area contributed by atoms with E-state index in [0.29, 0.717) is 11.6 Å². The molecule has 1 aliphatic rings. The largest absolute Gasteiger partial charge is 0.350 e.